The van der Waals surface area contributed by atoms with Gasteiger partial charge in [0.05, 0.1) is 7.11 Å². The summed E-state index contributed by atoms with van der Waals surface area (Å²) >= 11 is 2.87. The van der Waals surface area contributed by atoms with Crippen LogP contribution in [0, 0.1) is 11.6 Å². The lowest BCUT2D eigenvalue weighted by Crippen LogP contribution is -2.34. The van der Waals surface area contributed by atoms with Crippen LogP contribution in [0.3, 0.4) is 0 Å². The minimum absolute atomic E-state index is 0.0308. The molecule has 0 aliphatic carbocycles. The van der Waals surface area contributed by atoms with E-state index in [4.69, 9.17) is 10.0 Å². The minimum atomic E-state index is -2.08. The van der Waals surface area contributed by atoms with E-state index < -0.39 is 24.2 Å². The summed E-state index contributed by atoms with van der Waals surface area (Å²) < 4.78 is 30.8. The molecule has 2 N–H and O–H groups in total. The lowest BCUT2D eigenvalue weighted by molar-refractivity contribution is 0.370. The molecule has 0 atom stereocenters. The molecule has 0 amide bonds. The first-order valence-electron chi connectivity index (χ1n) is 3.56. The van der Waals surface area contributed by atoms with E-state index in [9.17, 15) is 8.78 Å². The van der Waals surface area contributed by atoms with Crippen molar-refractivity contribution in [2.24, 2.45) is 0 Å². The molecule has 1 rings (SSSR count). The van der Waals surface area contributed by atoms with Gasteiger partial charge in [-0.3, -0.25) is 0 Å². The molecule has 0 unspecified atom stereocenters. The fourth-order valence-corrected chi connectivity index (χ4v) is 1.56. The normalized spacial score (nSPS) is 10.1. The molecule has 1 aromatic carbocycles. The van der Waals surface area contributed by atoms with E-state index in [0.29, 0.717) is 0 Å². The van der Waals surface area contributed by atoms with Gasteiger partial charge < -0.3 is 14.8 Å². The molecule has 0 spiro atoms. The zero-order valence-corrected chi connectivity index (χ0v) is 8.68. The monoisotopic (exact) mass is 266 g/mol. The zero-order valence-electron chi connectivity index (χ0n) is 7.09. The fraction of sp³-hybridized carbons (Fsp3) is 0.143. The number of rotatable bonds is 2. The van der Waals surface area contributed by atoms with Crippen molar-refractivity contribution < 1.29 is 23.6 Å². The lowest BCUT2D eigenvalue weighted by atomic mass is 9.80. The summed E-state index contributed by atoms with van der Waals surface area (Å²) in [7, 11) is -0.899. The summed E-state index contributed by atoms with van der Waals surface area (Å²) in [6.07, 6.45) is 0. The van der Waals surface area contributed by atoms with E-state index in [1.807, 2.05) is 0 Å². The van der Waals surface area contributed by atoms with Crippen LogP contribution in [0.5, 0.6) is 5.75 Å². The first kappa shape index (κ1) is 11.4. The summed E-state index contributed by atoms with van der Waals surface area (Å²) in [5, 5.41) is 17.5. The molecule has 0 aliphatic heterocycles. The molecule has 0 heterocycles. The number of halogens is 3. The lowest BCUT2D eigenvalue weighted by Gasteiger charge is -2.09. The Balaban J connectivity index is 3.41. The van der Waals surface area contributed by atoms with Crippen LogP contribution in [0.2, 0.25) is 0 Å². The van der Waals surface area contributed by atoms with Crippen molar-refractivity contribution in [3.63, 3.8) is 0 Å². The molecule has 0 aliphatic rings. The van der Waals surface area contributed by atoms with Gasteiger partial charge in [-0.05, 0) is 6.07 Å². The Kier molecular flexibility index (Phi) is 3.46. The smallest absolute Gasteiger partial charge is 0.492 e. The van der Waals surface area contributed by atoms with Gasteiger partial charge in [-0.1, -0.05) is 15.9 Å². The second kappa shape index (κ2) is 4.25. The van der Waals surface area contributed by atoms with Gasteiger partial charge in [-0.2, -0.15) is 4.39 Å². The predicted molar refractivity (Wildman–Crippen MR) is 50.4 cm³/mol. The number of methoxy groups -OCH3 is 1. The second-order valence-corrected chi connectivity index (χ2v) is 3.33. The maximum atomic E-state index is 13.2. The van der Waals surface area contributed by atoms with Crippen molar-refractivity contribution in [1.29, 1.82) is 0 Å². The Morgan fingerprint density at radius 1 is 1.36 bits per heavy atom. The molecule has 0 saturated heterocycles. The van der Waals surface area contributed by atoms with Gasteiger partial charge >= 0.3 is 7.12 Å². The number of hydrogen-bond donors (Lipinski definition) is 2. The summed E-state index contributed by atoms with van der Waals surface area (Å²) in [5.41, 5.74) is -0.552. The van der Waals surface area contributed by atoms with E-state index >= 15 is 0 Å². The Bertz CT molecular complexity index is 359. The zero-order chi connectivity index (χ0) is 10.9. The molecule has 76 valence electrons. The molecule has 0 bridgehead atoms. The molecule has 0 radical (unpaired) electrons. The molecular formula is C7H6BBrF2O3. The van der Waals surface area contributed by atoms with Crippen molar-refractivity contribution >= 4 is 28.5 Å². The van der Waals surface area contributed by atoms with E-state index in [-0.39, 0.29) is 10.2 Å². The van der Waals surface area contributed by atoms with Gasteiger partial charge in [0.25, 0.3) is 0 Å². The van der Waals surface area contributed by atoms with Crippen molar-refractivity contribution in [3.05, 3.63) is 22.2 Å². The minimum Gasteiger partial charge on any atom is -0.494 e. The number of hydrogen-bond acceptors (Lipinski definition) is 3. The van der Waals surface area contributed by atoms with Crippen LogP contribution in [0.15, 0.2) is 10.5 Å². The van der Waals surface area contributed by atoms with Crippen molar-refractivity contribution in [2.75, 3.05) is 7.11 Å². The largest absolute Gasteiger partial charge is 0.494 e. The van der Waals surface area contributed by atoms with E-state index in [1.54, 1.807) is 0 Å². The van der Waals surface area contributed by atoms with Gasteiger partial charge in [-0.15, -0.1) is 0 Å². The molecule has 1 aromatic rings. The van der Waals surface area contributed by atoms with Gasteiger partial charge in [0.1, 0.15) is 0 Å². The number of ether oxygens (including phenoxy) is 1. The Hall–Kier alpha value is -0.655. The quantitative estimate of drug-likeness (QED) is 0.603. The van der Waals surface area contributed by atoms with Crippen LogP contribution in [-0.4, -0.2) is 24.3 Å². The highest BCUT2D eigenvalue weighted by Gasteiger charge is 2.25. The summed E-state index contributed by atoms with van der Waals surface area (Å²) in [6.45, 7) is 0. The SMILES string of the molecule is COc1cc(Br)c(B(O)O)c(F)c1F. The number of benzene rings is 1. The second-order valence-electron chi connectivity index (χ2n) is 2.48. The van der Waals surface area contributed by atoms with Gasteiger partial charge in [-0.25, -0.2) is 4.39 Å². The van der Waals surface area contributed by atoms with Crippen molar-refractivity contribution in [1.82, 2.24) is 0 Å². The van der Waals surface area contributed by atoms with Crippen LogP contribution in [-0.2, 0) is 0 Å². The Labute approximate surface area is 87.6 Å². The van der Waals surface area contributed by atoms with Gasteiger partial charge in [0, 0.05) is 9.94 Å². The van der Waals surface area contributed by atoms with Crippen LogP contribution >= 0.6 is 15.9 Å². The van der Waals surface area contributed by atoms with Crippen molar-refractivity contribution in [2.45, 2.75) is 0 Å². The van der Waals surface area contributed by atoms with Crippen LogP contribution in [0.25, 0.3) is 0 Å². The Morgan fingerprint density at radius 2 is 1.93 bits per heavy atom. The first-order chi connectivity index (χ1) is 6.49. The predicted octanol–water partition coefficient (Wildman–Crippen LogP) is 0.416. The maximum absolute atomic E-state index is 13.2. The third kappa shape index (κ3) is 1.89. The molecule has 7 heteroatoms. The highest BCUT2D eigenvalue weighted by molar-refractivity contribution is 9.10. The third-order valence-electron chi connectivity index (χ3n) is 1.64. The molecule has 0 aromatic heterocycles. The van der Waals surface area contributed by atoms with Gasteiger partial charge in [0.2, 0.25) is 0 Å². The van der Waals surface area contributed by atoms with E-state index in [0.717, 1.165) is 6.07 Å². The van der Waals surface area contributed by atoms with E-state index in [2.05, 4.69) is 20.7 Å². The first-order valence-corrected chi connectivity index (χ1v) is 4.35. The molecule has 3 nitrogen and oxygen atoms in total. The highest BCUT2D eigenvalue weighted by Crippen LogP contribution is 2.23. The van der Waals surface area contributed by atoms with E-state index in [1.165, 1.54) is 7.11 Å². The molecule has 0 saturated carbocycles. The average molecular weight is 267 g/mol. The molecule has 0 fully saturated rings. The maximum Gasteiger partial charge on any atom is 0.492 e. The summed E-state index contributed by atoms with van der Waals surface area (Å²) in [5.74, 6) is -2.90. The fourth-order valence-electron chi connectivity index (χ4n) is 0.973. The van der Waals surface area contributed by atoms with Crippen LogP contribution < -0.4 is 10.2 Å². The van der Waals surface area contributed by atoms with Crippen LogP contribution in [0.1, 0.15) is 0 Å². The van der Waals surface area contributed by atoms with Crippen molar-refractivity contribution in [3.8, 4) is 5.75 Å². The summed E-state index contributed by atoms with van der Waals surface area (Å²) in [4.78, 5) is 0. The standard InChI is InChI=1S/C7H6BBrF2O3/c1-14-4-2-3(9)5(8(12)13)7(11)6(4)10/h2,12-13H,1H3. The molecule has 14 heavy (non-hydrogen) atoms. The molecular weight excluding hydrogens is 261 g/mol. The van der Waals surface area contributed by atoms with Gasteiger partial charge in [0.15, 0.2) is 17.4 Å². The topological polar surface area (TPSA) is 49.7 Å². The Morgan fingerprint density at radius 3 is 2.36 bits per heavy atom. The third-order valence-corrected chi connectivity index (χ3v) is 2.29. The summed E-state index contributed by atoms with van der Waals surface area (Å²) in [6, 6.07) is 1.12. The average Bonchev–Trinajstić information content (AvgIpc) is 2.10. The highest BCUT2D eigenvalue weighted by atomic mass is 79.9. The van der Waals surface area contributed by atoms with Crippen LogP contribution in [0.4, 0.5) is 8.78 Å².